The highest BCUT2D eigenvalue weighted by Gasteiger charge is 2.35. The van der Waals surface area contributed by atoms with E-state index in [1.165, 1.54) is 6.26 Å². The van der Waals surface area contributed by atoms with Gasteiger partial charge in [0.1, 0.15) is 11.5 Å². The lowest BCUT2D eigenvalue weighted by Crippen LogP contribution is -2.45. The first-order valence-electron chi connectivity index (χ1n) is 10.9. The highest BCUT2D eigenvalue weighted by Crippen LogP contribution is 2.24. The maximum atomic E-state index is 12.8. The summed E-state index contributed by atoms with van der Waals surface area (Å²) in [6.45, 7) is 0.962. The zero-order valence-electron chi connectivity index (χ0n) is 18.3. The molecule has 1 aliphatic heterocycles. The Kier molecular flexibility index (Phi) is 7.64. The summed E-state index contributed by atoms with van der Waals surface area (Å²) in [6, 6.07) is 18.5. The molecule has 1 aromatic heterocycles. The second-order valence-electron chi connectivity index (χ2n) is 7.92. The molecule has 0 radical (unpaired) electrons. The number of carbonyl (C=O) groups is 3. The molecule has 0 aliphatic carbocycles. The number of ether oxygens (including phenoxy) is 1. The predicted molar refractivity (Wildman–Crippen MR) is 128 cm³/mol. The molecule has 8 nitrogen and oxygen atoms in total. The Balaban J connectivity index is 1.31. The minimum absolute atomic E-state index is 0.0765. The first-order chi connectivity index (χ1) is 16.5. The van der Waals surface area contributed by atoms with Crippen molar-refractivity contribution in [2.75, 3.05) is 13.2 Å². The maximum Gasteiger partial charge on any atom is 0.273 e. The molecule has 1 aliphatic rings. The molecule has 1 atom stereocenters. The Morgan fingerprint density at radius 3 is 2.68 bits per heavy atom. The molecule has 1 fully saturated rings. The molecule has 1 unspecified atom stereocenters. The van der Waals surface area contributed by atoms with E-state index < -0.39 is 17.7 Å². The topological polar surface area (TPSA) is 101 Å². The Morgan fingerprint density at radius 1 is 1.09 bits per heavy atom. The number of amides is 3. The van der Waals surface area contributed by atoms with E-state index in [0.717, 1.165) is 5.56 Å². The monoisotopic (exact) mass is 525 g/mol. The molecule has 176 valence electrons. The van der Waals surface area contributed by atoms with E-state index in [2.05, 4.69) is 26.8 Å². The average Bonchev–Trinajstić information content (AvgIpc) is 3.49. The Labute approximate surface area is 205 Å². The molecule has 3 aromatic rings. The van der Waals surface area contributed by atoms with E-state index >= 15 is 0 Å². The number of hydrogen-bond donors (Lipinski definition) is 2. The molecule has 1 saturated heterocycles. The SMILES string of the molecule is O=C(NNC(=O)C1CC(=O)N(Cc2ccco2)C1)c1cc(Br)ccc1OCCc1ccccc1. The van der Waals surface area contributed by atoms with Gasteiger partial charge in [0.05, 0.1) is 30.9 Å². The molecule has 0 spiro atoms. The third-order valence-electron chi connectivity index (χ3n) is 5.49. The fourth-order valence-electron chi connectivity index (χ4n) is 3.71. The lowest BCUT2D eigenvalue weighted by atomic mass is 10.1. The lowest BCUT2D eigenvalue weighted by molar-refractivity contribution is -0.129. The zero-order chi connectivity index (χ0) is 23.9. The number of hydrazine groups is 1. The van der Waals surface area contributed by atoms with Gasteiger partial charge in [0, 0.05) is 23.9 Å². The van der Waals surface area contributed by atoms with Gasteiger partial charge >= 0.3 is 0 Å². The van der Waals surface area contributed by atoms with Crippen molar-refractivity contribution in [3.05, 3.63) is 88.3 Å². The van der Waals surface area contributed by atoms with Crippen LogP contribution >= 0.6 is 15.9 Å². The molecule has 34 heavy (non-hydrogen) atoms. The summed E-state index contributed by atoms with van der Waals surface area (Å²) in [5.41, 5.74) is 6.29. The van der Waals surface area contributed by atoms with Gasteiger partial charge in [-0.2, -0.15) is 0 Å². The van der Waals surface area contributed by atoms with E-state index in [4.69, 9.17) is 9.15 Å². The van der Waals surface area contributed by atoms with Crippen molar-refractivity contribution in [2.45, 2.75) is 19.4 Å². The summed E-state index contributed by atoms with van der Waals surface area (Å²) < 4.78 is 11.8. The van der Waals surface area contributed by atoms with Crippen molar-refractivity contribution >= 4 is 33.7 Å². The summed E-state index contributed by atoms with van der Waals surface area (Å²) in [4.78, 5) is 39.2. The lowest BCUT2D eigenvalue weighted by Gasteiger charge is -2.16. The summed E-state index contributed by atoms with van der Waals surface area (Å²) in [5, 5.41) is 0. The van der Waals surface area contributed by atoms with E-state index in [1.807, 2.05) is 30.3 Å². The first kappa shape index (κ1) is 23.6. The number of likely N-dealkylation sites (tertiary alicyclic amines) is 1. The summed E-state index contributed by atoms with van der Waals surface area (Å²) >= 11 is 3.37. The van der Waals surface area contributed by atoms with Crippen LogP contribution in [0.2, 0.25) is 0 Å². The number of nitrogens with zero attached hydrogens (tertiary/aromatic N) is 1. The van der Waals surface area contributed by atoms with Crippen molar-refractivity contribution in [2.24, 2.45) is 5.92 Å². The van der Waals surface area contributed by atoms with Crippen molar-refractivity contribution in [3.8, 4) is 5.75 Å². The second-order valence-corrected chi connectivity index (χ2v) is 8.84. The van der Waals surface area contributed by atoms with Crippen LogP contribution in [0.5, 0.6) is 5.75 Å². The zero-order valence-corrected chi connectivity index (χ0v) is 19.9. The standard InChI is InChI=1S/C25H24BrN3O5/c26-19-8-9-22(34-12-10-17-5-2-1-3-6-17)21(14-19)25(32)28-27-24(31)18-13-23(30)29(15-18)16-20-7-4-11-33-20/h1-9,11,14,18H,10,12-13,15-16H2,(H,27,31)(H,28,32). The summed E-state index contributed by atoms with van der Waals surface area (Å²) in [5.74, 6) is -0.578. The van der Waals surface area contributed by atoms with Crippen LogP contribution in [0.1, 0.15) is 28.1 Å². The van der Waals surface area contributed by atoms with Gasteiger partial charge < -0.3 is 14.1 Å². The molecule has 2 N–H and O–H groups in total. The van der Waals surface area contributed by atoms with E-state index in [9.17, 15) is 14.4 Å². The van der Waals surface area contributed by atoms with E-state index in [1.54, 1.807) is 35.2 Å². The molecule has 3 amide bonds. The smallest absolute Gasteiger partial charge is 0.273 e. The van der Waals surface area contributed by atoms with Gasteiger partial charge in [0.2, 0.25) is 11.8 Å². The number of hydrogen-bond acceptors (Lipinski definition) is 5. The van der Waals surface area contributed by atoms with Crippen LogP contribution in [0, 0.1) is 5.92 Å². The van der Waals surface area contributed by atoms with E-state index in [0.29, 0.717) is 35.6 Å². The van der Waals surface area contributed by atoms with Crippen molar-refractivity contribution in [3.63, 3.8) is 0 Å². The highest BCUT2D eigenvalue weighted by atomic mass is 79.9. The highest BCUT2D eigenvalue weighted by molar-refractivity contribution is 9.10. The third-order valence-corrected chi connectivity index (χ3v) is 5.98. The second kappa shape index (κ2) is 11.0. The first-order valence-corrected chi connectivity index (χ1v) is 11.7. The normalized spacial score (nSPS) is 15.3. The van der Waals surface area contributed by atoms with Crippen LogP contribution in [0.25, 0.3) is 0 Å². The molecule has 2 aromatic carbocycles. The minimum Gasteiger partial charge on any atom is -0.492 e. The van der Waals surface area contributed by atoms with Gasteiger partial charge in [0.25, 0.3) is 5.91 Å². The molecule has 0 bridgehead atoms. The molecular formula is C25H24BrN3O5. The van der Waals surface area contributed by atoms with Crippen LogP contribution in [0.3, 0.4) is 0 Å². The minimum atomic E-state index is -0.563. The summed E-state index contributed by atoms with van der Waals surface area (Å²) in [6.07, 6.45) is 2.31. The van der Waals surface area contributed by atoms with Gasteiger partial charge in [-0.15, -0.1) is 0 Å². The molecule has 9 heteroatoms. The number of furan rings is 1. The average molecular weight is 526 g/mol. The quantitative estimate of drug-likeness (QED) is 0.438. The molecule has 4 rings (SSSR count). The van der Waals surface area contributed by atoms with Crippen molar-refractivity contribution in [1.29, 1.82) is 0 Å². The number of carbonyl (C=O) groups excluding carboxylic acids is 3. The Hall–Kier alpha value is -3.59. The van der Waals surface area contributed by atoms with Crippen LogP contribution in [-0.2, 0) is 22.6 Å². The molecular weight excluding hydrogens is 502 g/mol. The largest absolute Gasteiger partial charge is 0.492 e. The van der Waals surface area contributed by atoms with Crippen LogP contribution in [0.4, 0.5) is 0 Å². The van der Waals surface area contributed by atoms with Crippen molar-refractivity contribution in [1.82, 2.24) is 15.8 Å². The number of halogens is 1. The van der Waals surface area contributed by atoms with Gasteiger partial charge in [-0.1, -0.05) is 46.3 Å². The fraction of sp³-hybridized carbons (Fsp3) is 0.240. The molecule has 0 saturated carbocycles. The van der Waals surface area contributed by atoms with Gasteiger partial charge in [-0.3, -0.25) is 25.2 Å². The van der Waals surface area contributed by atoms with Crippen LogP contribution in [0.15, 0.2) is 75.8 Å². The fourth-order valence-corrected chi connectivity index (χ4v) is 4.07. The Bertz CT molecular complexity index is 1150. The number of nitrogens with one attached hydrogen (secondary N) is 2. The Morgan fingerprint density at radius 2 is 1.91 bits per heavy atom. The summed E-state index contributed by atoms with van der Waals surface area (Å²) in [7, 11) is 0. The van der Waals surface area contributed by atoms with Gasteiger partial charge in [0.15, 0.2) is 0 Å². The number of benzene rings is 2. The van der Waals surface area contributed by atoms with Crippen LogP contribution in [-0.4, -0.2) is 35.8 Å². The van der Waals surface area contributed by atoms with Crippen molar-refractivity contribution < 1.29 is 23.5 Å². The van der Waals surface area contributed by atoms with Gasteiger partial charge in [-0.05, 0) is 35.9 Å². The number of rotatable bonds is 8. The maximum absolute atomic E-state index is 12.8. The van der Waals surface area contributed by atoms with Crippen LogP contribution < -0.4 is 15.6 Å². The third kappa shape index (κ3) is 6.05. The molecule has 2 heterocycles. The van der Waals surface area contributed by atoms with E-state index in [-0.39, 0.29) is 24.4 Å². The predicted octanol–water partition coefficient (Wildman–Crippen LogP) is 3.47. The van der Waals surface area contributed by atoms with Gasteiger partial charge in [-0.25, -0.2) is 0 Å².